The molecule has 1 saturated heterocycles. The Labute approximate surface area is 87.1 Å². The van der Waals surface area contributed by atoms with Gasteiger partial charge < -0.3 is 5.32 Å². The molecule has 1 N–H and O–H groups in total. The maximum Gasteiger partial charge on any atom is 0.0638 e. The zero-order chi connectivity index (χ0) is 10.4. The van der Waals surface area contributed by atoms with Crippen LogP contribution in [-0.4, -0.2) is 37.1 Å². The van der Waals surface area contributed by atoms with Gasteiger partial charge in [-0.05, 0) is 46.3 Å². The van der Waals surface area contributed by atoms with Crippen molar-refractivity contribution in [2.45, 2.75) is 44.7 Å². The second-order valence-corrected chi connectivity index (χ2v) is 4.21. The maximum atomic E-state index is 8.65. The lowest BCUT2D eigenvalue weighted by Crippen LogP contribution is -2.38. The minimum absolute atomic E-state index is 0.392. The van der Waals surface area contributed by atoms with E-state index in [1.54, 1.807) is 0 Å². The van der Waals surface area contributed by atoms with Crippen LogP contribution in [0.5, 0.6) is 0 Å². The summed E-state index contributed by atoms with van der Waals surface area (Å²) in [4.78, 5) is 2.37. The van der Waals surface area contributed by atoms with Crippen molar-refractivity contribution in [3.63, 3.8) is 0 Å². The van der Waals surface area contributed by atoms with E-state index < -0.39 is 0 Å². The molecular weight excluding hydrogens is 174 g/mol. The van der Waals surface area contributed by atoms with Gasteiger partial charge in [0.05, 0.1) is 12.5 Å². The molecule has 1 aliphatic rings. The fourth-order valence-corrected chi connectivity index (χ4v) is 2.04. The van der Waals surface area contributed by atoms with Crippen molar-refractivity contribution in [3.8, 4) is 6.07 Å². The van der Waals surface area contributed by atoms with Crippen LogP contribution in [-0.2, 0) is 0 Å². The molecule has 2 unspecified atom stereocenters. The Morgan fingerprint density at radius 3 is 3.00 bits per heavy atom. The normalized spacial score (nSPS) is 25.4. The summed E-state index contributed by atoms with van der Waals surface area (Å²) in [7, 11) is 2.15. The van der Waals surface area contributed by atoms with Crippen LogP contribution in [0.3, 0.4) is 0 Å². The van der Waals surface area contributed by atoms with Crippen LogP contribution >= 0.6 is 0 Å². The third-order valence-corrected chi connectivity index (χ3v) is 3.20. The first-order chi connectivity index (χ1) is 6.75. The van der Waals surface area contributed by atoms with Gasteiger partial charge >= 0.3 is 0 Å². The highest BCUT2D eigenvalue weighted by molar-refractivity contribution is 4.83. The predicted molar refractivity (Wildman–Crippen MR) is 58.0 cm³/mol. The monoisotopic (exact) mass is 195 g/mol. The zero-order valence-corrected chi connectivity index (χ0v) is 9.29. The highest BCUT2D eigenvalue weighted by Crippen LogP contribution is 2.15. The summed E-state index contributed by atoms with van der Waals surface area (Å²) in [6, 6.07) is 3.30. The minimum atomic E-state index is 0.392. The molecule has 0 radical (unpaired) electrons. The molecule has 0 saturated carbocycles. The number of hydrogen-bond acceptors (Lipinski definition) is 3. The molecule has 0 amide bonds. The lowest BCUT2D eigenvalue weighted by Gasteiger charge is -2.31. The van der Waals surface area contributed by atoms with E-state index in [1.807, 2.05) is 0 Å². The molecule has 0 aliphatic carbocycles. The van der Waals surface area contributed by atoms with Crippen molar-refractivity contribution in [1.29, 1.82) is 5.26 Å². The van der Waals surface area contributed by atoms with Crippen LogP contribution in [0.1, 0.15) is 32.6 Å². The highest BCUT2D eigenvalue weighted by Gasteiger charge is 2.20. The van der Waals surface area contributed by atoms with E-state index in [-0.39, 0.29) is 0 Å². The van der Waals surface area contributed by atoms with E-state index in [2.05, 4.69) is 30.3 Å². The van der Waals surface area contributed by atoms with E-state index in [0.717, 1.165) is 13.1 Å². The number of nitrogens with one attached hydrogen (secondary N) is 1. The minimum Gasteiger partial charge on any atom is -0.317 e. The summed E-state index contributed by atoms with van der Waals surface area (Å²) in [6.45, 7) is 4.41. The van der Waals surface area contributed by atoms with Crippen LogP contribution in [0.2, 0.25) is 0 Å². The summed E-state index contributed by atoms with van der Waals surface area (Å²) in [6.07, 6.45) is 4.38. The molecule has 1 rings (SSSR count). The Morgan fingerprint density at radius 2 is 2.29 bits per heavy atom. The first-order valence-electron chi connectivity index (χ1n) is 5.55. The SMILES string of the molecule is CC(CC#N)N(C)C1CCCNCC1. The van der Waals surface area contributed by atoms with E-state index in [0.29, 0.717) is 18.5 Å². The van der Waals surface area contributed by atoms with Crippen molar-refractivity contribution in [3.05, 3.63) is 0 Å². The van der Waals surface area contributed by atoms with Crippen LogP contribution < -0.4 is 5.32 Å². The molecule has 1 aliphatic heterocycles. The zero-order valence-electron chi connectivity index (χ0n) is 9.29. The summed E-state index contributed by atoms with van der Waals surface area (Å²) in [5.74, 6) is 0. The average molecular weight is 195 g/mol. The third-order valence-electron chi connectivity index (χ3n) is 3.20. The Bertz CT molecular complexity index is 189. The van der Waals surface area contributed by atoms with Crippen LogP contribution in [0.15, 0.2) is 0 Å². The number of nitriles is 1. The lowest BCUT2D eigenvalue weighted by atomic mass is 10.1. The fourth-order valence-electron chi connectivity index (χ4n) is 2.04. The van der Waals surface area contributed by atoms with Crippen LogP contribution in [0.4, 0.5) is 0 Å². The van der Waals surface area contributed by atoms with Gasteiger partial charge in [-0.25, -0.2) is 0 Å². The van der Waals surface area contributed by atoms with Crippen molar-refractivity contribution in [1.82, 2.24) is 10.2 Å². The van der Waals surface area contributed by atoms with E-state index in [1.165, 1.54) is 19.3 Å². The first kappa shape index (κ1) is 11.5. The van der Waals surface area contributed by atoms with Gasteiger partial charge in [-0.1, -0.05) is 0 Å². The third kappa shape index (κ3) is 3.28. The van der Waals surface area contributed by atoms with Crippen molar-refractivity contribution >= 4 is 0 Å². The molecule has 14 heavy (non-hydrogen) atoms. The highest BCUT2D eigenvalue weighted by atomic mass is 15.2. The molecule has 80 valence electrons. The topological polar surface area (TPSA) is 39.1 Å². The van der Waals surface area contributed by atoms with Gasteiger partial charge in [-0.2, -0.15) is 5.26 Å². The van der Waals surface area contributed by atoms with Gasteiger partial charge in [-0.3, -0.25) is 4.90 Å². The molecule has 3 nitrogen and oxygen atoms in total. The summed E-state index contributed by atoms with van der Waals surface area (Å²) in [5, 5.41) is 12.1. The second-order valence-electron chi connectivity index (χ2n) is 4.21. The molecule has 3 heteroatoms. The Kier molecular flexibility index (Phi) is 4.92. The standard InChI is InChI=1S/C11H21N3/c1-10(5-7-12)14(2)11-4-3-8-13-9-6-11/h10-11,13H,3-6,8-9H2,1-2H3. The van der Waals surface area contributed by atoms with Gasteiger partial charge in [-0.15, -0.1) is 0 Å². The summed E-state index contributed by atoms with van der Waals surface area (Å²) < 4.78 is 0. The first-order valence-corrected chi connectivity index (χ1v) is 5.55. The van der Waals surface area contributed by atoms with E-state index >= 15 is 0 Å². The van der Waals surface area contributed by atoms with Crippen molar-refractivity contribution < 1.29 is 0 Å². The predicted octanol–water partition coefficient (Wildman–Crippen LogP) is 1.36. The van der Waals surface area contributed by atoms with E-state index in [4.69, 9.17) is 5.26 Å². The second kappa shape index (κ2) is 6.00. The van der Waals surface area contributed by atoms with Gasteiger partial charge in [0.15, 0.2) is 0 Å². The molecule has 0 aromatic heterocycles. The Hall–Kier alpha value is -0.590. The molecule has 0 spiro atoms. The van der Waals surface area contributed by atoms with Gasteiger partial charge in [0.1, 0.15) is 0 Å². The number of nitrogens with zero attached hydrogens (tertiary/aromatic N) is 2. The van der Waals surface area contributed by atoms with Crippen LogP contribution in [0, 0.1) is 11.3 Å². The van der Waals surface area contributed by atoms with Gasteiger partial charge in [0.2, 0.25) is 0 Å². The molecule has 2 atom stereocenters. The number of rotatable bonds is 3. The Balaban J connectivity index is 2.41. The fraction of sp³-hybridized carbons (Fsp3) is 0.909. The van der Waals surface area contributed by atoms with E-state index in [9.17, 15) is 0 Å². The van der Waals surface area contributed by atoms with Crippen molar-refractivity contribution in [2.75, 3.05) is 20.1 Å². The van der Waals surface area contributed by atoms with Gasteiger partial charge in [0, 0.05) is 12.1 Å². The lowest BCUT2D eigenvalue weighted by molar-refractivity contribution is 0.172. The molecule has 0 aromatic carbocycles. The largest absolute Gasteiger partial charge is 0.317 e. The maximum absolute atomic E-state index is 8.65. The number of hydrogen-bond donors (Lipinski definition) is 1. The molecule has 1 heterocycles. The van der Waals surface area contributed by atoms with Crippen LogP contribution in [0.25, 0.3) is 0 Å². The average Bonchev–Trinajstić information content (AvgIpc) is 2.45. The smallest absolute Gasteiger partial charge is 0.0638 e. The quantitative estimate of drug-likeness (QED) is 0.739. The summed E-state index contributed by atoms with van der Waals surface area (Å²) in [5.41, 5.74) is 0. The van der Waals surface area contributed by atoms with Gasteiger partial charge in [0.25, 0.3) is 0 Å². The Morgan fingerprint density at radius 1 is 1.50 bits per heavy atom. The van der Waals surface area contributed by atoms with Crippen molar-refractivity contribution in [2.24, 2.45) is 0 Å². The molecule has 0 bridgehead atoms. The molecule has 1 fully saturated rings. The molecular formula is C11H21N3. The summed E-state index contributed by atoms with van der Waals surface area (Å²) >= 11 is 0. The molecule has 0 aromatic rings.